The zero-order valence-electron chi connectivity index (χ0n) is 21.5. The van der Waals surface area contributed by atoms with Crippen molar-refractivity contribution in [1.82, 2.24) is 0 Å². The van der Waals surface area contributed by atoms with Crippen LogP contribution in [0.4, 0.5) is 0 Å². The highest BCUT2D eigenvalue weighted by atomic mass is 16.7. The summed E-state index contributed by atoms with van der Waals surface area (Å²) in [7, 11) is 1.56. The fraction of sp³-hybridized carbons (Fsp3) is 0.121. The van der Waals surface area contributed by atoms with Gasteiger partial charge in [-0.2, -0.15) is 0 Å². The zero-order valence-corrected chi connectivity index (χ0v) is 21.5. The number of aryl methyl sites for hydroxylation is 1. The maximum absolute atomic E-state index is 13.3. The molecule has 6 heteroatoms. The van der Waals surface area contributed by atoms with E-state index in [4.69, 9.17) is 18.9 Å². The molecule has 0 fully saturated rings. The van der Waals surface area contributed by atoms with Gasteiger partial charge in [-0.05, 0) is 42.1 Å². The van der Waals surface area contributed by atoms with Gasteiger partial charge in [0, 0.05) is 22.1 Å². The lowest BCUT2D eigenvalue weighted by Crippen LogP contribution is -2.36. The summed E-state index contributed by atoms with van der Waals surface area (Å²) < 4.78 is 24.2. The number of phenolic OH excluding ortho intramolecular Hbond substituents is 1. The van der Waals surface area contributed by atoms with Gasteiger partial charge in [0.05, 0.1) is 7.11 Å². The molecule has 0 spiro atoms. The summed E-state index contributed by atoms with van der Waals surface area (Å²) in [4.78, 5) is 13.3. The summed E-state index contributed by atoms with van der Waals surface area (Å²) in [6.07, 6.45) is 0. The van der Waals surface area contributed by atoms with Gasteiger partial charge < -0.3 is 24.1 Å². The van der Waals surface area contributed by atoms with Gasteiger partial charge in [-0.25, -0.2) is 4.79 Å². The van der Waals surface area contributed by atoms with Crippen LogP contribution in [0.15, 0.2) is 103 Å². The molecule has 1 heterocycles. The number of fused-ring (bicyclic) bond motifs is 2. The number of hydrogen-bond donors (Lipinski definition) is 1. The first-order chi connectivity index (χ1) is 19.0. The number of para-hydroxylation sites is 1. The molecule has 0 saturated heterocycles. The Hall–Kier alpha value is -4.97. The van der Waals surface area contributed by atoms with Crippen molar-refractivity contribution in [2.45, 2.75) is 19.3 Å². The molecule has 6 rings (SSSR count). The van der Waals surface area contributed by atoms with E-state index in [1.165, 1.54) is 6.07 Å². The van der Waals surface area contributed by atoms with Gasteiger partial charge >= 0.3 is 11.8 Å². The van der Waals surface area contributed by atoms with Crippen LogP contribution in [0.25, 0.3) is 10.8 Å². The summed E-state index contributed by atoms with van der Waals surface area (Å²) in [6.45, 7) is 1.84. The Kier molecular flexibility index (Phi) is 6.08. The minimum absolute atomic E-state index is 0.0796. The molecule has 1 aliphatic heterocycles. The molecule has 6 nitrogen and oxygen atoms in total. The maximum atomic E-state index is 13.3. The Morgan fingerprint density at radius 3 is 2.18 bits per heavy atom. The predicted octanol–water partition coefficient (Wildman–Crippen LogP) is 6.89. The standard InChI is InChI=1S/C33H26O6/c1-21-18-25(36-2)19-27-26(21)16-17-28(34)30(27)32(35)37-20-22-10-9-15-29-31(22)39-33(38-29,23-11-5-3-6-12-23)24-13-7-4-8-14-24/h3-19,34H,20H2,1-2H3. The third-order valence-corrected chi connectivity index (χ3v) is 6.96. The van der Waals surface area contributed by atoms with Crippen molar-refractivity contribution in [3.05, 3.63) is 131 Å². The second kappa shape index (κ2) is 9.72. The number of carbonyl (C=O) groups excluding carboxylic acids is 1. The minimum atomic E-state index is -1.19. The molecule has 0 aromatic heterocycles. The van der Waals surface area contributed by atoms with Crippen molar-refractivity contribution >= 4 is 16.7 Å². The minimum Gasteiger partial charge on any atom is -0.507 e. The van der Waals surface area contributed by atoms with Gasteiger partial charge in [0.25, 0.3) is 0 Å². The molecule has 1 aliphatic rings. The Morgan fingerprint density at radius 2 is 1.51 bits per heavy atom. The average Bonchev–Trinajstić information content (AvgIpc) is 3.38. The number of phenols is 1. The van der Waals surface area contributed by atoms with E-state index >= 15 is 0 Å². The second-order valence-corrected chi connectivity index (χ2v) is 9.37. The molecule has 5 aromatic rings. The number of benzene rings is 5. The Balaban J connectivity index is 1.33. The van der Waals surface area contributed by atoms with E-state index in [-0.39, 0.29) is 17.9 Å². The number of esters is 1. The quantitative estimate of drug-likeness (QED) is 0.247. The first-order valence-electron chi connectivity index (χ1n) is 12.6. The molecule has 0 radical (unpaired) electrons. The monoisotopic (exact) mass is 518 g/mol. The lowest BCUT2D eigenvalue weighted by atomic mass is 9.97. The van der Waals surface area contributed by atoms with Crippen molar-refractivity contribution in [2.75, 3.05) is 7.11 Å². The number of aromatic hydroxyl groups is 1. The van der Waals surface area contributed by atoms with Crippen LogP contribution in [-0.2, 0) is 17.1 Å². The predicted molar refractivity (Wildman–Crippen MR) is 147 cm³/mol. The zero-order chi connectivity index (χ0) is 27.0. The van der Waals surface area contributed by atoms with Crippen LogP contribution in [0.1, 0.15) is 32.6 Å². The number of methoxy groups -OCH3 is 1. The van der Waals surface area contributed by atoms with E-state index in [0.717, 1.165) is 22.1 Å². The highest BCUT2D eigenvalue weighted by molar-refractivity contribution is 6.08. The Bertz CT molecular complexity index is 1640. The fourth-order valence-electron chi connectivity index (χ4n) is 5.03. The molecule has 5 aromatic carbocycles. The highest BCUT2D eigenvalue weighted by Crippen LogP contribution is 2.49. The molecule has 1 N–H and O–H groups in total. The van der Waals surface area contributed by atoms with E-state index in [0.29, 0.717) is 28.2 Å². The first kappa shape index (κ1) is 24.4. The molecule has 0 atom stereocenters. The molecule has 0 amide bonds. The summed E-state index contributed by atoms with van der Waals surface area (Å²) in [5.41, 5.74) is 3.31. The van der Waals surface area contributed by atoms with E-state index in [1.807, 2.05) is 91.9 Å². The van der Waals surface area contributed by atoms with Gasteiger partial charge in [-0.3, -0.25) is 0 Å². The van der Waals surface area contributed by atoms with E-state index in [9.17, 15) is 9.90 Å². The van der Waals surface area contributed by atoms with E-state index in [1.54, 1.807) is 19.2 Å². The Morgan fingerprint density at radius 1 is 0.821 bits per heavy atom. The molecule has 39 heavy (non-hydrogen) atoms. The smallest absolute Gasteiger partial charge is 0.342 e. The van der Waals surface area contributed by atoms with Crippen molar-refractivity contribution < 1.29 is 28.8 Å². The van der Waals surface area contributed by atoms with E-state index in [2.05, 4.69) is 0 Å². The molecular weight excluding hydrogens is 492 g/mol. The van der Waals surface area contributed by atoms with E-state index < -0.39 is 11.8 Å². The summed E-state index contributed by atoms with van der Waals surface area (Å²) in [6, 6.07) is 31.8. The van der Waals surface area contributed by atoms with Crippen LogP contribution in [0.2, 0.25) is 0 Å². The van der Waals surface area contributed by atoms with Crippen LogP contribution in [0, 0.1) is 6.92 Å². The number of rotatable bonds is 6. The van der Waals surface area contributed by atoms with Crippen molar-refractivity contribution in [3.63, 3.8) is 0 Å². The lowest BCUT2D eigenvalue weighted by Gasteiger charge is -2.28. The number of carbonyl (C=O) groups is 1. The van der Waals surface area contributed by atoms with Gasteiger partial charge in [0.2, 0.25) is 0 Å². The molecule has 0 bridgehead atoms. The summed E-state index contributed by atoms with van der Waals surface area (Å²) in [5.74, 6) is -0.371. The van der Waals surface area contributed by atoms with Crippen molar-refractivity contribution in [3.8, 4) is 23.0 Å². The van der Waals surface area contributed by atoms with Crippen LogP contribution in [0.3, 0.4) is 0 Å². The van der Waals surface area contributed by atoms with Crippen LogP contribution < -0.4 is 14.2 Å². The van der Waals surface area contributed by atoms with Gasteiger partial charge in [0.15, 0.2) is 11.5 Å². The molecule has 0 aliphatic carbocycles. The fourth-order valence-corrected chi connectivity index (χ4v) is 5.03. The van der Waals surface area contributed by atoms with Crippen LogP contribution >= 0.6 is 0 Å². The number of hydrogen-bond acceptors (Lipinski definition) is 6. The van der Waals surface area contributed by atoms with Gasteiger partial charge in [0.1, 0.15) is 23.7 Å². The topological polar surface area (TPSA) is 74.2 Å². The molecule has 0 unspecified atom stereocenters. The highest BCUT2D eigenvalue weighted by Gasteiger charge is 2.46. The third kappa shape index (κ3) is 4.20. The largest absolute Gasteiger partial charge is 0.507 e. The van der Waals surface area contributed by atoms with Gasteiger partial charge in [-0.15, -0.1) is 0 Å². The summed E-state index contributed by atoms with van der Waals surface area (Å²) in [5, 5.41) is 12.0. The maximum Gasteiger partial charge on any atom is 0.342 e. The molecular formula is C33H26O6. The SMILES string of the molecule is COc1cc(C)c2ccc(O)c(C(=O)OCc3cccc4c3OC(c3ccccc3)(c3ccccc3)O4)c2c1. The lowest BCUT2D eigenvalue weighted by molar-refractivity contribution is -0.0466. The average molecular weight is 519 g/mol. The number of ether oxygens (including phenoxy) is 4. The summed E-state index contributed by atoms with van der Waals surface area (Å²) >= 11 is 0. The third-order valence-electron chi connectivity index (χ3n) is 6.96. The van der Waals surface area contributed by atoms with Crippen LogP contribution in [-0.4, -0.2) is 18.2 Å². The normalized spacial score (nSPS) is 13.3. The first-order valence-corrected chi connectivity index (χ1v) is 12.6. The van der Waals surface area contributed by atoms with Crippen molar-refractivity contribution in [1.29, 1.82) is 0 Å². The second-order valence-electron chi connectivity index (χ2n) is 9.37. The van der Waals surface area contributed by atoms with Crippen LogP contribution in [0.5, 0.6) is 23.0 Å². The van der Waals surface area contributed by atoms with Gasteiger partial charge in [-0.1, -0.05) is 78.9 Å². The van der Waals surface area contributed by atoms with Crippen molar-refractivity contribution in [2.24, 2.45) is 0 Å². The Labute approximate surface area is 226 Å². The molecule has 194 valence electrons. The molecule has 0 saturated carbocycles.